The second-order valence-corrected chi connectivity index (χ2v) is 6.98. The summed E-state index contributed by atoms with van der Waals surface area (Å²) in [6.07, 6.45) is 2.84. The van der Waals surface area contributed by atoms with Crippen molar-refractivity contribution in [2.75, 3.05) is 0 Å². The van der Waals surface area contributed by atoms with E-state index in [-0.39, 0.29) is 11.4 Å². The molecular weight excluding hydrogens is 349 g/mol. The molecule has 4 rings (SSSR count). The first-order valence-corrected chi connectivity index (χ1v) is 8.81. The van der Waals surface area contributed by atoms with Crippen LogP contribution in [0, 0.1) is 12.7 Å². The summed E-state index contributed by atoms with van der Waals surface area (Å²) in [6.45, 7) is 1.98. The van der Waals surface area contributed by atoms with Gasteiger partial charge in [-0.1, -0.05) is 42.5 Å². The minimum Gasteiger partial charge on any atom is -0.267 e. The maximum Gasteiger partial charge on any atom is 0.283 e. The quantitative estimate of drug-likeness (QED) is 0.505. The zero-order valence-electron chi connectivity index (χ0n) is 13.9. The molecule has 2 aromatic heterocycles. The van der Waals surface area contributed by atoms with Gasteiger partial charge >= 0.3 is 0 Å². The van der Waals surface area contributed by atoms with Crippen LogP contribution in [-0.2, 0) is 0 Å². The van der Waals surface area contributed by atoms with Crippen LogP contribution in [0.1, 0.15) is 10.4 Å². The number of hydrogen-bond donors (Lipinski definition) is 0. The molecule has 0 fully saturated rings. The predicted molar refractivity (Wildman–Crippen MR) is 103 cm³/mol. The van der Waals surface area contributed by atoms with Crippen molar-refractivity contribution in [1.82, 2.24) is 9.66 Å². The van der Waals surface area contributed by atoms with Gasteiger partial charge in [0.15, 0.2) is 0 Å². The van der Waals surface area contributed by atoms with Crippen molar-refractivity contribution in [3.63, 3.8) is 0 Å². The molecule has 4 aromatic rings. The van der Waals surface area contributed by atoms with Crippen LogP contribution in [0.2, 0.25) is 0 Å². The third kappa shape index (κ3) is 2.95. The molecule has 0 aliphatic rings. The Labute approximate surface area is 152 Å². The molecule has 0 radical (unpaired) electrons. The molecule has 2 heterocycles. The van der Waals surface area contributed by atoms with Crippen LogP contribution in [0.25, 0.3) is 21.3 Å². The monoisotopic (exact) mass is 363 g/mol. The Morgan fingerprint density at radius 3 is 2.73 bits per heavy atom. The van der Waals surface area contributed by atoms with Crippen LogP contribution >= 0.6 is 11.3 Å². The van der Waals surface area contributed by atoms with E-state index in [2.05, 4.69) is 10.1 Å². The summed E-state index contributed by atoms with van der Waals surface area (Å²) >= 11 is 1.49. The Kier molecular flexibility index (Phi) is 4.18. The van der Waals surface area contributed by atoms with Crippen LogP contribution in [0.4, 0.5) is 4.39 Å². The minimum absolute atomic E-state index is 0.245. The fourth-order valence-electron chi connectivity index (χ4n) is 2.84. The van der Waals surface area contributed by atoms with Gasteiger partial charge in [-0.3, -0.25) is 4.79 Å². The fourth-order valence-corrected chi connectivity index (χ4v) is 3.85. The Balaban J connectivity index is 1.86. The molecular formula is C20H14FN3OS. The lowest BCUT2D eigenvalue weighted by Crippen LogP contribution is -2.16. The first kappa shape index (κ1) is 16.4. The van der Waals surface area contributed by atoms with E-state index in [9.17, 15) is 9.18 Å². The minimum atomic E-state index is -0.352. The number of aromatic nitrogens is 2. The first-order valence-electron chi connectivity index (χ1n) is 7.99. The van der Waals surface area contributed by atoms with E-state index >= 15 is 0 Å². The average Bonchev–Trinajstić information content (AvgIpc) is 2.99. The number of hydrogen-bond acceptors (Lipinski definition) is 4. The van der Waals surface area contributed by atoms with Crippen LogP contribution in [0.15, 0.2) is 70.8 Å². The Morgan fingerprint density at radius 1 is 1.15 bits per heavy atom. The molecule has 0 aliphatic carbocycles. The van der Waals surface area contributed by atoms with E-state index in [1.165, 1.54) is 40.7 Å². The first-order chi connectivity index (χ1) is 12.6. The smallest absolute Gasteiger partial charge is 0.267 e. The van der Waals surface area contributed by atoms with Gasteiger partial charge in [0, 0.05) is 10.4 Å². The second-order valence-electron chi connectivity index (χ2n) is 5.77. The lowest BCUT2D eigenvalue weighted by atomic mass is 10.0. The summed E-state index contributed by atoms with van der Waals surface area (Å²) in [5.41, 5.74) is 2.19. The van der Waals surface area contributed by atoms with E-state index in [1.807, 2.05) is 37.3 Å². The predicted octanol–water partition coefficient (Wildman–Crippen LogP) is 4.45. The molecule has 0 aliphatic heterocycles. The third-order valence-corrected chi connectivity index (χ3v) is 5.03. The van der Waals surface area contributed by atoms with Crippen molar-refractivity contribution >= 4 is 27.8 Å². The molecule has 0 N–H and O–H groups in total. The molecule has 0 saturated heterocycles. The topological polar surface area (TPSA) is 47.2 Å². The van der Waals surface area contributed by atoms with E-state index < -0.39 is 0 Å². The van der Waals surface area contributed by atoms with Gasteiger partial charge in [0.2, 0.25) is 0 Å². The van der Waals surface area contributed by atoms with Gasteiger partial charge in [-0.2, -0.15) is 9.78 Å². The number of thiophene rings is 1. The lowest BCUT2D eigenvalue weighted by Gasteiger charge is -2.02. The van der Waals surface area contributed by atoms with Gasteiger partial charge < -0.3 is 0 Å². The Morgan fingerprint density at radius 2 is 1.96 bits per heavy atom. The third-order valence-electron chi connectivity index (χ3n) is 4.01. The van der Waals surface area contributed by atoms with Gasteiger partial charge in [-0.05, 0) is 30.2 Å². The second kappa shape index (κ2) is 6.65. The summed E-state index contributed by atoms with van der Waals surface area (Å²) in [4.78, 5) is 19.1. The Bertz CT molecular complexity index is 1180. The number of nitrogens with zero attached hydrogens (tertiary/aromatic N) is 3. The SMILES string of the molecule is Cc1sc2ncn(/N=C\c3cccc(F)c3)c(=O)c2c1-c1ccccc1. The molecule has 4 nitrogen and oxygen atoms in total. The lowest BCUT2D eigenvalue weighted by molar-refractivity contribution is 0.627. The van der Waals surface area contributed by atoms with Crippen molar-refractivity contribution in [2.24, 2.45) is 5.10 Å². The number of halogens is 1. The highest BCUT2D eigenvalue weighted by Gasteiger charge is 2.16. The number of fused-ring (bicyclic) bond motifs is 1. The molecule has 0 saturated carbocycles. The highest BCUT2D eigenvalue weighted by molar-refractivity contribution is 7.19. The van der Waals surface area contributed by atoms with Crippen molar-refractivity contribution in [2.45, 2.75) is 6.92 Å². The molecule has 6 heteroatoms. The van der Waals surface area contributed by atoms with Gasteiger partial charge in [0.25, 0.3) is 5.56 Å². The van der Waals surface area contributed by atoms with Gasteiger partial charge in [0.05, 0.1) is 11.6 Å². The molecule has 2 aromatic carbocycles. The zero-order chi connectivity index (χ0) is 18.1. The van der Waals surface area contributed by atoms with Crippen molar-refractivity contribution < 1.29 is 4.39 Å². The van der Waals surface area contributed by atoms with E-state index in [1.54, 1.807) is 12.1 Å². The summed E-state index contributed by atoms with van der Waals surface area (Å²) < 4.78 is 14.5. The summed E-state index contributed by atoms with van der Waals surface area (Å²) in [5, 5.41) is 4.72. The van der Waals surface area contributed by atoms with Gasteiger partial charge in [0.1, 0.15) is 17.0 Å². The van der Waals surface area contributed by atoms with Crippen LogP contribution in [0.5, 0.6) is 0 Å². The summed E-state index contributed by atoms with van der Waals surface area (Å²) in [7, 11) is 0. The maximum absolute atomic E-state index is 13.3. The van der Waals surface area contributed by atoms with Crippen molar-refractivity contribution in [3.8, 4) is 11.1 Å². The molecule has 0 unspecified atom stereocenters. The average molecular weight is 363 g/mol. The highest BCUT2D eigenvalue weighted by Crippen LogP contribution is 2.35. The van der Waals surface area contributed by atoms with Crippen LogP contribution in [0.3, 0.4) is 0 Å². The van der Waals surface area contributed by atoms with Crippen LogP contribution in [-0.4, -0.2) is 15.9 Å². The Hall–Kier alpha value is -3.12. The van der Waals surface area contributed by atoms with Gasteiger partial charge in [-0.25, -0.2) is 9.37 Å². The van der Waals surface area contributed by atoms with E-state index in [4.69, 9.17) is 0 Å². The maximum atomic E-state index is 13.3. The largest absolute Gasteiger partial charge is 0.283 e. The van der Waals surface area contributed by atoms with E-state index in [0.29, 0.717) is 15.8 Å². The number of rotatable bonds is 3. The molecule has 26 heavy (non-hydrogen) atoms. The molecule has 128 valence electrons. The molecule has 0 bridgehead atoms. The normalized spacial score (nSPS) is 11.5. The zero-order valence-corrected chi connectivity index (χ0v) is 14.7. The number of aryl methyl sites for hydroxylation is 1. The molecule has 0 spiro atoms. The van der Waals surface area contributed by atoms with Gasteiger partial charge in [-0.15, -0.1) is 11.3 Å². The molecule has 0 atom stereocenters. The van der Waals surface area contributed by atoms with Crippen molar-refractivity contribution in [3.05, 3.63) is 87.5 Å². The summed E-state index contributed by atoms with van der Waals surface area (Å²) in [6, 6.07) is 15.8. The number of benzene rings is 2. The van der Waals surface area contributed by atoms with Crippen LogP contribution < -0.4 is 5.56 Å². The van der Waals surface area contributed by atoms with E-state index in [0.717, 1.165) is 16.0 Å². The fraction of sp³-hybridized carbons (Fsp3) is 0.0500. The molecule has 0 amide bonds. The highest BCUT2D eigenvalue weighted by atomic mass is 32.1. The standard InChI is InChI=1S/C20H14FN3OS/c1-13-17(15-7-3-2-4-8-15)18-19(26-13)22-12-24(20(18)25)23-11-14-6-5-9-16(21)10-14/h2-12H,1H3/b23-11-. The summed E-state index contributed by atoms with van der Waals surface area (Å²) in [5.74, 6) is -0.352. The van der Waals surface area contributed by atoms with Crippen molar-refractivity contribution in [1.29, 1.82) is 0 Å².